The Bertz CT molecular complexity index is 161. The SMILES string of the molecule is CC1CN(C2CNC2)CCC1N.Cl. The van der Waals surface area contributed by atoms with E-state index in [1.54, 1.807) is 0 Å². The van der Waals surface area contributed by atoms with Gasteiger partial charge in [0.25, 0.3) is 0 Å². The van der Waals surface area contributed by atoms with Crippen LogP contribution in [0.25, 0.3) is 0 Å². The highest BCUT2D eigenvalue weighted by atomic mass is 35.5. The molecule has 0 spiro atoms. The normalized spacial score (nSPS) is 36.5. The molecule has 2 rings (SSSR count). The van der Waals surface area contributed by atoms with Gasteiger partial charge in [0.15, 0.2) is 0 Å². The number of hydrogen-bond acceptors (Lipinski definition) is 3. The number of rotatable bonds is 1. The van der Waals surface area contributed by atoms with Crippen molar-refractivity contribution in [2.24, 2.45) is 11.7 Å². The van der Waals surface area contributed by atoms with Gasteiger partial charge in [-0.2, -0.15) is 0 Å². The maximum absolute atomic E-state index is 5.96. The molecular weight excluding hydrogens is 186 g/mol. The van der Waals surface area contributed by atoms with E-state index in [-0.39, 0.29) is 12.4 Å². The van der Waals surface area contributed by atoms with Crippen LogP contribution in [0.15, 0.2) is 0 Å². The Hall–Kier alpha value is 0.170. The van der Waals surface area contributed by atoms with Gasteiger partial charge in [0.1, 0.15) is 0 Å². The lowest BCUT2D eigenvalue weighted by Crippen LogP contribution is -2.61. The highest BCUT2D eigenvalue weighted by Gasteiger charge is 2.30. The zero-order valence-electron chi connectivity index (χ0n) is 8.20. The maximum atomic E-state index is 5.96. The molecule has 2 fully saturated rings. The van der Waals surface area contributed by atoms with E-state index in [9.17, 15) is 0 Å². The van der Waals surface area contributed by atoms with Crippen molar-refractivity contribution in [3.8, 4) is 0 Å². The summed E-state index contributed by atoms with van der Waals surface area (Å²) in [5.74, 6) is 0.680. The molecule has 0 saturated carbocycles. The second-order valence-corrected chi connectivity index (χ2v) is 4.24. The molecule has 2 saturated heterocycles. The molecule has 4 heteroatoms. The Morgan fingerprint density at radius 2 is 2.08 bits per heavy atom. The second-order valence-electron chi connectivity index (χ2n) is 4.24. The molecular formula is C9H20ClN3. The zero-order chi connectivity index (χ0) is 8.55. The molecule has 0 radical (unpaired) electrons. The average Bonchev–Trinajstić information content (AvgIpc) is 1.93. The average molecular weight is 206 g/mol. The van der Waals surface area contributed by atoms with Crippen molar-refractivity contribution in [3.63, 3.8) is 0 Å². The monoisotopic (exact) mass is 205 g/mol. The summed E-state index contributed by atoms with van der Waals surface area (Å²) >= 11 is 0. The van der Waals surface area contributed by atoms with E-state index in [1.807, 2.05) is 0 Å². The number of hydrogen-bond donors (Lipinski definition) is 2. The van der Waals surface area contributed by atoms with Crippen molar-refractivity contribution >= 4 is 12.4 Å². The molecule has 0 aromatic carbocycles. The van der Waals surface area contributed by atoms with Gasteiger partial charge in [0.2, 0.25) is 0 Å². The van der Waals surface area contributed by atoms with Gasteiger partial charge in [0, 0.05) is 38.3 Å². The predicted molar refractivity (Wildman–Crippen MR) is 57.2 cm³/mol. The second kappa shape index (κ2) is 4.60. The number of nitrogens with zero attached hydrogens (tertiary/aromatic N) is 1. The third-order valence-corrected chi connectivity index (χ3v) is 3.28. The fourth-order valence-corrected chi connectivity index (χ4v) is 2.06. The van der Waals surface area contributed by atoms with Crippen LogP contribution in [0.1, 0.15) is 13.3 Å². The first-order valence-electron chi connectivity index (χ1n) is 4.97. The molecule has 3 nitrogen and oxygen atoms in total. The summed E-state index contributed by atoms with van der Waals surface area (Å²) in [6.07, 6.45) is 1.18. The van der Waals surface area contributed by atoms with Gasteiger partial charge in [-0.05, 0) is 12.3 Å². The number of nitrogens with one attached hydrogen (secondary N) is 1. The molecule has 78 valence electrons. The molecule has 0 aliphatic carbocycles. The van der Waals surface area contributed by atoms with E-state index in [2.05, 4.69) is 17.1 Å². The van der Waals surface area contributed by atoms with Crippen LogP contribution in [-0.4, -0.2) is 43.2 Å². The van der Waals surface area contributed by atoms with Crippen molar-refractivity contribution in [2.45, 2.75) is 25.4 Å². The minimum atomic E-state index is 0. The van der Waals surface area contributed by atoms with Crippen molar-refractivity contribution in [1.29, 1.82) is 0 Å². The fourth-order valence-electron chi connectivity index (χ4n) is 2.06. The van der Waals surface area contributed by atoms with Crippen molar-refractivity contribution in [1.82, 2.24) is 10.2 Å². The van der Waals surface area contributed by atoms with E-state index in [0.717, 1.165) is 6.04 Å². The quantitative estimate of drug-likeness (QED) is 0.636. The largest absolute Gasteiger partial charge is 0.327 e. The molecule has 0 amide bonds. The Morgan fingerprint density at radius 1 is 1.38 bits per heavy atom. The lowest BCUT2D eigenvalue weighted by atomic mass is 9.93. The molecule has 3 N–H and O–H groups in total. The van der Waals surface area contributed by atoms with Gasteiger partial charge >= 0.3 is 0 Å². The molecule has 0 aromatic heterocycles. The summed E-state index contributed by atoms with van der Waals surface area (Å²) < 4.78 is 0. The van der Waals surface area contributed by atoms with Crippen LogP contribution in [0.2, 0.25) is 0 Å². The van der Waals surface area contributed by atoms with Gasteiger partial charge in [-0.15, -0.1) is 12.4 Å². The van der Waals surface area contributed by atoms with Gasteiger partial charge < -0.3 is 11.1 Å². The smallest absolute Gasteiger partial charge is 0.0345 e. The minimum Gasteiger partial charge on any atom is -0.327 e. The summed E-state index contributed by atoms with van der Waals surface area (Å²) in [5.41, 5.74) is 5.96. The highest BCUT2D eigenvalue weighted by Crippen LogP contribution is 2.18. The Labute approximate surface area is 86.4 Å². The van der Waals surface area contributed by atoms with Crippen LogP contribution < -0.4 is 11.1 Å². The van der Waals surface area contributed by atoms with Crippen LogP contribution in [0.3, 0.4) is 0 Å². The minimum absolute atomic E-state index is 0. The first-order chi connectivity index (χ1) is 5.77. The predicted octanol–water partition coefficient (Wildman–Crippen LogP) is 0.0491. The number of piperidine rings is 1. The van der Waals surface area contributed by atoms with Crippen LogP contribution in [0.5, 0.6) is 0 Å². The van der Waals surface area contributed by atoms with E-state index in [1.165, 1.54) is 32.6 Å². The van der Waals surface area contributed by atoms with E-state index >= 15 is 0 Å². The molecule has 2 aliphatic heterocycles. The standard InChI is InChI=1S/C9H19N3.ClH/c1-7-6-12(3-2-9(7)10)8-4-11-5-8;/h7-9,11H,2-6,10H2,1H3;1H. The van der Waals surface area contributed by atoms with Crippen LogP contribution in [0, 0.1) is 5.92 Å². The molecule has 0 bridgehead atoms. The molecule has 13 heavy (non-hydrogen) atoms. The topological polar surface area (TPSA) is 41.3 Å². The molecule has 2 heterocycles. The first kappa shape index (κ1) is 11.2. The Morgan fingerprint density at radius 3 is 2.54 bits per heavy atom. The lowest BCUT2D eigenvalue weighted by molar-refractivity contribution is 0.0857. The van der Waals surface area contributed by atoms with Gasteiger partial charge in [-0.3, -0.25) is 4.90 Å². The summed E-state index contributed by atoms with van der Waals surface area (Å²) in [6.45, 7) is 7.04. The van der Waals surface area contributed by atoms with Crippen molar-refractivity contribution in [2.75, 3.05) is 26.2 Å². The number of likely N-dealkylation sites (tertiary alicyclic amines) is 1. The fraction of sp³-hybridized carbons (Fsp3) is 1.00. The summed E-state index contributed by atoms with van der Waals surface area (Å²) in [4.78, 5) is 2.59. The Balaban J connectivity index is 0.000000845. The molecule has 2 unspecified atom stereocenters. The van der Waals surface area contributed by atoms with E-state index in [4.69, 9.17) is 5.73 Å². The van der Waals surface area contributed by atoms with Crippen LogP contribution >= 0.6 is 12.4 Å². The van der Waals surface area contributed by atoms with E-state index < -0.39 is 0 Å². The van der Waals surface area contributed by atoms with Gasteiger partial charge in [-0.25, -0.2) is 0 Å². The van der Waals surface area contributed by atoms with E-state index in [0.29, 0.717) is 12.0 Å². The molecule has 2 atom stereocenters. The highest BCUT2D eigenvalue weighted by molar-refractivity contribution is 5.85. The van der Waals surface area contributed by atoms with Crippen LogP contribution in [-0.2, 0) is 0 Å². The number of halogens is 1. The summed E-state index contributed by atoms with van der Waals surface area (Å²) in [5, 5.41) is 3.31. The molecule has 0 aromatic rings. The molecule has 2 aliphatic rings. The Kier molecular flexibility index (Phi) is 3.98. The number of nitrogens with two attached hydrogens (primary N) is 1. The van der Waals surface area contributed by atoms with Crippen LogP contribution in [0.4, 0.5) is 0 Å². The third-order valence-electron chi connectivity index (χ3n) is 3.28. The maximum Gasteiger partial charge on any atom is 0.0345 e. The van der Waals surface area contributed by atoms with Gasteiger partial charge in [0.05, 0.1) is 0 Å². The lowest BCUT2D eigenvalue weighted by Gasteiger charge is -2.44. The third kappa shape index (κ3) is 2.34. The van der Waals surface area contributed by atoms with Crippen molar-refractivity contribution in [3.05, 3.63) is 0 Å². The van der Waals surface area contributed by atoms with Gasteiger partial charge in [-0.1, -0.05) is 6.92 Å². The summed E-state index contributed by atoms with van der Waals surface area (Å²) in [6, 6.07) is 1.24. The first-order valence-corrected chi connectivity index (χ1v) is 4.97. The zero-order valence-corrected chi connectivity index (χ0v) is 9.02. The van der Waals surface area contributed by atoms with Crippen molar-refractivity contribution < 1.29 is 0 Å². The summed E-state index contributed by atoms with van der Waals surface area (Å²) in [7, 11) is 0.